The number of aromatic nitrogens is 1. The smallest absolute Gasteiger partial charge is 0.274 e. The number of hydrogen-bond acceptors (Lipinski definition) is 4. The Labute approximate surface area is 147 Å². The fourth-order valence-corrected chi connectivity index (χ4v) is 3.86. The highest BCUT2D eigenvalue weighted by Crippen LogP contribution is 2.33. The molecule has 0 aromatic carbocycles. The van der Waals surface area contributed by atoms with Crippen molar-refractivity contribution in [2.45, 2.75) is 45.2 Å². The highest BCUT2D eigenvalue weighted by Gasteiger charge is 2.34. The van der Waals surface area contributed by atoms with Crippen molar-refractivity contribution in [3.8, 4) is 6.07 Å². The SMILES string of the molecule is CC1CCC2NC(=O)C([C@H](C)Nc3ccc(C#N)n(C)c3=O)=CC2C1. The van der Waals surface area contributed by atoms with Crippen molar-refractivity contribution in [1.29, 1.82) is 5.26 Å². The molecular formula is C19H24N4O2. The summed E-state index contributed by atoms with van der Waals surface area (Å²) in [6.45, 7) is 4.14. The van der Waals surface area contributed by atoms with Crippen LogP contribution in [0.5, 0.6) is 0 Å². The average molecular weight is 340 g/mol. The minimum Gasteiger partial charge on any atom is -0.374 e. The predicted octanol–water partition coefficient (Wildman–Crippen LogP) is 1.92. The van der Waals surface area contributed by atoms with Gasteiger partial charge in [-0.3, -0.25) is 9.59 Å². The van der Waals surface area contributed by atoms with E-state index in [1.807, 2.05) is 13.0 Å². The number of rotatable bonds is 3. The van der Waals surface area contributed by atoms with Gasteiger partial charge in [-0.2, -0.15) is 5.26 Å². The number of nitriles is 1. The van der Waals surface area contributed by atoms with Gasteiger partial charge in [0.2, 0.25) is 5.91 Å². The number of nitrogens with zero attached hydrogens (tertiary/aromatic N) is 2. The Morgan fingerprint density at radius 2 is 2.12 bits per heavy atom. The quantitative estimate of drug-likeness (QED) is 0.880. The van der Waals surface area contributed by atoms with E-state index in [1.54, 1.807) is 19.2 Å². The van der Waals surface area contributed by atoms with E-state index in [0.717, 1.165) is 19.3 Å². The third-order valence-corrected chi connectivity index (χ3v) is 5.39. The molecule has 4 atom stereocenters. The van der Waals surface area contributed by atoms with Crippen molar-refractivity contribution in [1.82, 2.24) is 9.88 Å². The van der Waals surface area contributed by atoms with Crippen LogP contribution >= 0.6 is 0 Å². The zero-order valence-electron chi connectivity index (χ0n) is 14.9. The van der Waals surface area contributed by atoms with Gasteiger partial charge in [-0.1, -0.05) is 13.0 Å². The second-order valence-corrected chi connectivity index (χ2v) is 7.26. The molecule has 2 N–H and O–H groups in total. The van der Waals surface area contributed by atoms with Crippen LogP contribution in [0.1, 0.15) is 38.8 Å². The van der Waals surface area contributed by atoms with Gasteiger partial charge in [-0.25, -0.2) is 0 Å². The fourth-order valence-electron chi connectivity index (χ4n) is 3.86. The van der Waals surface area contributed by atoms with Crippen LogP contribution in [0.2, 0.25) is 0 Å². The van der Waals surface area contributed by atoms with Crippen molar-refractivity contribution >= 4 is 11.6 Å². The van der Waals surface area contributed by atoms with Gasteiger partial charge < -0.3 is 15.2 Å². The molecule has 1 aromatic rings. The molecule has 1 saturated carbocycles. The molecule has 1 aromatic heterocycles. The summed E-state index contributed by atoms with van der Waals surface area (Å²) in [5.41, 5.74) is 1.10. The zero-order valence-corrected chi connectivity index (χ0v) is 14.9. The number of carbonyl (C=O) groups excluding carboxylic acids is 1. The Bertz CT molecular complexity index is 818. The lowest BCUT2D eigenvalue weighted by molar-refractivity contribution is -0.119. The maximum Gasteiger partial charge on any atom is 0.274 e. The second kappa shape index (κ2) is 6.75. The van der Waals surface area contributed by atoms with Crippen molar-refractivity contribution in [3.63, 3.8) is 0 Å². The molecule has 1 aliphatic carbocycles. The van der Waals surface area contributed by atoms with Crippen molar-refractivity contribution in [2.75, 3.05) is 5.32 Å². The third-order valence-electron chi connectivity index (χ3n) is 5.39. The molecule has 25 heavy (non-hydrogen) atoms. The van der Waals surface area contributed by atoms with E-state index in [2.05, 4.69) is 23.6 Å². The van der Waals surface area contributed by atoms with Gasteiger partial charge in [0.05, 0.1) is 6.04 Å². The molecule has 132 valence electrons. The topological polar surface area (TPSA) is 86.9 Å². The number of carbonyl (C=O) groups is 1. The monoisotopic (exact) mass is 340 g/mol. The summed E-state index contributed by atoms with van der Waals surface area (Å²) < 4.78 is 1.31. The van der Waals surface area contributed by atoms with Gasteiger partial charge in [0, 0.05) is 18.7 Å². The first-order valence-electron chi connectivity index (χ1n) is 8.80. The fraction of sp³-hybridized carbons (Fsp3) is 0.526. The van der Waals surface area contributed by atoms with E-state index in [0.29, 0.717) is 28.8 Å². The van der Waals surface area contributed by atoms with Gasteiger partial charge in [0.15, 0.2) is 0 Å². The Hall–Kier alpha value is -2.55. The molecule has 1 fully saturated rings. The molecule has 1 amide bonds. The van der Waals surface area contributed by atoms with E-state index < -0.39 is 0 Å². The number of amides is 1. The van der Waals surface area contributed by atoms with Gasteiger partial charge in [0.1, 0.15) is 17.5 Å². The van der Waals surface area contributed by atoms with E-state index in [9.17, 15) is 9.59 Å². The van der Waals surface area contributed by atoms with Gasteiger partial charge in [0.25, 0.3) is 5.56 Å². The lowest BCUT2D eigenvalue weighted by atomic mass is 9.75. The molecule has 3 rings (SSSR count). The van der Waals surface area contributed by atoms with Crippen LogP contribution in [-0.4, -0.2) is 22.6 Å². The van der Waals surface area contributed by atoms with E-state index in [-0.39, 0.29) is 23.6 Å². The summed E-state index contributed by atoms with van der Waals surface area (Å²) in [5.74, 6) is 0.980. The van der Waals surface area contributed by atoms with Crippen LogP contribution in [0.3, 0.4) is 0 Å². The maximum atomic E-state index is 12.5. The highest BCUT2D eigenvalue weighted by molar-refractivity contribution is 5.96. The Balaban J connectivity index is 1.82. The van der Waals surface area contributed by atoms with Gasteiger partial charge in [-0.15, -0.1) is 0 Å². The first kappa shape index (κ1) is 17.3. The Morgan fingerprint density at radius 3 is 2.84 bits per heavy atom. The molecule has 0 bridgehead atoms. The number of anilines is 1. The third kappa shape index (κ3) is 3.32. The molecule has 0 spiro atoms. The standard InChI is InChI=1S/C19H24N4O2/c1-11-4-6-16-13(8-11)9-15(18(24)22-16)12(2)21-17-7-5-14(10-20)23(3)19(17)25/h5,7,9,11-13,16,21H,4,6,8H2,1-3H3,(H,22,24)/t11?,12-,13?,16?/m0/s1. The van der Waals surface area contributed by atoms with E-state index >= 15 is 0 Å². The van der Waals surface area contributed by atoms with E-state index in [1.165, 1.54) is 4.57 Å². The van der Waals surface area contributed by atoms with Crippen molar-refractivity contribution in [3.05, 3.63) is 39.8 Å². The minimum absolute atomic E-state index is 0.0544. The molecule has 0 saturated heterocycles. The van der Waals surface area contributed by atoms with Crippen LogP contribution in [-0.2, 0) is 11.8 Å². The average Bonchev–Trinajstić information content (AvgIpc) is 2.59. The molecule has 6 heteroatoms. The minimum atomic E-state index is -0.279. The largest absolute Gasteiger partial charge is 0.374 e. The Morgan fingerprint density at radius 1 is 1.36 bits per heavy atom. The number of nitrogens with one attached hydrogen (secondary N) is 2. The lowest BCUT2D eigenvalue weighted by Crippen LogP contribution is -2.49. The van der Waals surface area contributed by atoms with Crippen molar-refractivity contribution in [2.24, 2.45) is 18.9 Å². The summed E-state index contributed by atoms with van der Waals surface area (Å²) in [7, 11) is 1.57. The Kier molecular flexibility index (Phi) is 4.67. The molecular weight excluding hydrogens is 316 g/mol. The molecule has 3 unspecified atom stereocenters. The summed E-state index contributed by atoms with van der Waals surface area (Å²) in [6.07, 6.45) is 5.35. The molecule has 0 radical (unpaired) electrons. The lowest BCUT2D eigenvalue weighted by Gasteiger charge is -2.38. The highest BCUT2D eigenvalue weighted by atomic mass is 16.2. The maximum absolute atomic E-state index is 12.5. The summed E-state index contributed by atoms with van der Waals surface area (Å²) in [6, 6.07) is 5.14. The van der Waals surface area contributed by atoms with Crippen LogP contribution in [0.15, 0.2) is 28.6 Å². The summed E-state index contributed by atoms with van der Waals surface area (Å²) in [4.78, 5) is 24.8. The van der Waals surface area contributed by atoms with Crippen LogP contribution < -0.4 is 16.2 Å². The van der Waals surface area contributed by atoms with Gasteiger partial charge >= 0.3 is 0 Å². The number of hydrogen-bond donors (Lipinski definition) is 2. The molecule has 1 aliphatic heterocycles. The molecule has 6 nitrogen and oxygen atoms in total. The first-order valence-corrected chi connectivity index (χ1v) is 8.80. The van der Waals surface area contributed by atoms with E-state index in [4.69, 9.17) is 5.26 Å². The summed E-state index contributed by atoms with van der Waals surface area (Å²) in [5, 5.41) is 15.3. The van der Waals surface area contributed by atoms with Gasteiger partial charge in [-0.05, 0) is 50.2 Å². The second-order valence-electron chi connectivity index (χ2n) is 7.26. The van der Waals surface area contributed by atoms with Crippen LogP contribution in [0.25, 0.3) is 0 Å². The summed E-state index contributed by atoms with van der Waals surface area (Å²) >= 11 is 0. The first-order chi connectivity index (χ1) is 11.9. The normalized spacial score (nSPS) is 26.7. The van der Waals surface area contributed by atoms with Crippen molar-refractivity contribution < 1.29 is 4.79 Å². The van der Waals surface area contributed by atoms with Crippen LogP contribution in [0, 0.1) is 23.2 Å². The zero-order chi connectivity index (χ0) is 18.1. The number of pyridine rings is 1. The molecule has 2 aliphatic rings. The molecule has 2 heterocycles. The number of fused-ring (bicyclic) bond motifs is 1. The predicted molar refractivity (Wildman–Crippen MR) is 96.0 cm³/mol. The van der Waals surface area contributed by atoms with Crippen LogP contribution in [0.4, 0.5) is 5.69 Å².